The van der Waals surface area contributed by atoms with E-state index in [0.717, 1.165) is 6.07 Å². The molecular weight excluding hydrogens is 469 g/mol. The number of aromatic nitrogens is 2. The molecule has 1 aromatic heterocycles. The van der Waals surface area contributed by atoms with E-state index >= 15 is 0 Å². The first-order valence-electron chi connectivity index (χ1n) is 8.53. The van der Waals surface area contributed by atoms with Crippen molar-refractivity contribution in [1.29, 1.82) is 0 Å². The third-order valence-corrected chi connectivity index (χ3v) is 5.80. The van der Waals surface area contributed by atoms with E-state index in [1.165, 1.54) is 19.2 Å². The van der Waals surface area contributed by atoms with Gasteiger partial charge in [0.15, 0.2) is 0 Å². The lowest BCUT2D eigenvalue weighted by atomic mass is 10.0. The fourth-order valence-corrected chi connectivity index (χ4v) is 3.53. The van der Waals surface area contributed by atoms with Gasteiger partial charge < -0.3 is 20.8 Å². The molecule has 9 nitrogen and oxygen atoms in total. The van der Waals surface area contributed by atoms with Gasteiger partial charge in [0, 0.05) is 17.4 Å². The second kappa shape index (κ2) is 8.48. The zero-order chi connectivity index (χ0) is 22.1. The first-order valence-corrected chi connectivity index (χ1v) is 10.9. The van der Waals surface area contributed by atoms with E-state index in [4.69, 9.17) is 5.14 Å². The van der Waals surface area contributed by atoms with E-state index in [0.29, 0.717) is 10.3 Å². The van der Waals surface area contributed by atoms with Gasteiger partial charge in [-0.25, -0.2) is 22.9 Å². The fourth-order valence-electron chi connectivity index (χ4n) is 2.34. The van der Waals surface area contributed by atoms with Gasteiger partial charge in [0.05, 0.1) is 22.2 Å². The number of primary sulfonamides is 1. The Kier molecular flexibility index (Phi) is 6.85. The molecule has 0 spiro atoms. The average Bonchev–Trinajstić information content (AvgIpc) is 2.55. The second-order valence-corrected chi connectivity index (χ2v) is 9.48. The van der Waals surface area contributed by atoms with Crippen LogP contribution < -0.4 is 15.8 Å². The van der Waals surface area contributed by atoms with Crippen LogP contribution in [-0.4, -0.2) is 40.2 Å². The van der Waals surface area contributed by atoms with Crippen molar-refractivity contribution < 1.29 is 23.0 Å². The summed E-state index contributed by atoms with van der Waals surface area (Å²) in [5.41, 5.74) is -1.09. The summed E-state index contributed by atoms with van der Waals surface area (Å²) >= 11 is 3.31. The summed E-state index contributed by atoms with van der Waals surface area (Å²) in [6.07, 6.45) is 0.176. The molecule has 0 fully saturated rings. The maximum Gasteiger partial charge on any atom is 0.241 e. The van der Waals surface area contributed by atoms with Crippen molar-refractivity contribution >= 4 is 43.4 Å². The topological polar surface area (TPSA) is 150 Å². The molecule has 0 radical (unpaired) electrons. The first kappa shape index (κ1) is 23.4. The lowest BCUT2D eigenvalue weighted by Crippen LogP contribution is -2.39. The van der Waals surface area contributed by atoms with Gasteiger partial charge in [-0.05, 0) is 55.8 Å². The number of aliphatic hydroxyl groups excluding tert-OH is 1. The molecule has 0 saturated heterocycles. The minimum absolute atomic E-state index is 0.0814. The SMILES string of the molecule is CC(O)c1cc(Nc2ncc(Br)c(N[C@H](C)C(C)(C)O)n2)cc(F)c1S(N)(=O)=O. The molecular formula is C17H23BrFN5O4S. The molecule has 0 saturated carbocycles. The van der Waals surface area contributed by atoms with Crippen LogP contribution in [-0.2, 0) is 10.0 Å². The summed E-state index contributed by atoms with van der Waals surface area (Å²) in [6.45, 7) is 6.36. The highest BCUT2D eigenvalue weighted by Crippen LogP contribution is 2.30. The Bertz CT molecular complexity index is 1010. The fraction of sp³-hybridized carbons (Fsp3) is 0.412. The number of hydrogen-bond donors (Lipinski definition) is 5. The Balaban J connectivity index is 2.41. The Morgan fingerprint density at radius 2 is 1.93 bits per heavy atom. The van der Waals surface area contributed by atoms with Crippen LogP contribution >= 0.6 is 15.9 Å². The highest BCUT2D eigenvalue weighted by Gasteiger charge is 2.25. The molecule has 0 bridgehead atoms. The number of hydrogen-bond acceptors (Lipinski definition) is 8. The van der Waals surface area contributed by atoms with Crippen LogP contribution in [0.15, 0.2) is 27.7 Å². The van der Waals surface area contributed by atoms with Gasteiger partial charge >= 0.3 is 0 Å². The zero-order valence-corrected chi connectivity index (χ0v) is 18.6. The van der Waals surface area contributed by atoms with Crippen molar-refractivity contribution in [2.24, 2.45) is 5.14 Å². The Labute approximate surface area is 176 Å². The molecule has 12 heteroatoms. The Morgan fingerprint density at radius 3 is 2.45 bits per heavy atom. The van der Waals surface area contributed by atoms with Gasteiger partial charge in [0.25, 0.3) is 0 Å². The predicted molar refractivity (Wildman–Crippen MR) is 111 cm³/mol. The van der Waals surface area contributed by atoms with Crippen LogP contribution in [0.3, 0.4) is 0 Å². The third kappa shape index (κ3) is 5.82. The molecule has 1 heterocycles. The van der Waals surface area contributed by atoms with E-state index in [1.807, 2.05) is 0 Å². The number of nitrogens with two attached hydrogens (primary N) is 1. The summed E-state index contributed by atoms with van der Waals surface area (Å²) in [5.74, 6) is -0.646. The number of benzene rings is 1. The molecule has 0 amide bonds. The minimum Gasteiger partial charge on any atom is -0.389 e. The van der Waals surface area contributed by atoms with Crippen molar-refractivity contribution in [3.05, 3.63) is 34.2 Å². The summed E-state index contributed by atoms with van der Waals surface area (Å²) in [5, 5.41) is 30.8. The lowest BCUT2D eigenvalue weighted by Gasteiger charge is -2.27. The Morgan fingerprint density at radius 1 is 1.31 bits per heavy atom. The first-order chi connectivity index (χ1) is 13.2. The maximum atomic E-state index is 14.4. The molecule has 2 atom stereocenters. The summed E-state index contributed by atoms with van der Waals surface area (Å²) in [7, 11) is -4.37. The quantitative estimate of drug-likeness (QED) is 0.396. The van der Waals surface area contributed by atoms with Gasteiger partial charge in [0.1, 0.15) is 16.5 Å². The molecule has 1 aromatic carbocycles. The van der Waals surface area contributed by atoms with Crippen molar-refractivity contribution in [2.45, 2.75) is 50.3 Å². The van der Waals surface area contributed by atoms with Crippen LogP contribution in [0.2, 0.25) is 0 Å². The maximum absolute atomic E-state index is 14.4. The number of halogens is 2. The van der Waals surface area contributed by atoms with E-state index < -0.39 is 32.4 Å². The van der Waals surface area contributed by atoms with Crippen LogP contribution in [0.5, 0.6) is 0 Å². The molecule has 160 valence electrons. The number of aliphatic hydroxyl groups is 2. The average molecular weight is 492 g/mol. The number of nitrogens with one attached hydrogen (secondary N) is 2. The van der Waals surface area contributed by atoms with Gasteiger partial charge in [-0.15, -0.1) is 0 Å². The van der Waals surface area contributed by atoms with E-state index in [9.17, 15) is 23.0 Å². The molecule has 6 N–H and O–H groups in total. The third-order valence-electron chi connectivity index (χ3n) is 4.22. The molecule has 2 rings (SSSR count). The largest absolute Gasteiger partial charge is 0.389 e. The van der Waals surface area contributed by atoms with Gasteiger partial charge in [-0.2, -0.15) is 4.98 Å². The van der Waals surface area contributed by atoms with Crippen LogP contribution in [0.1, 0.15) is 39.4 Å². The zero-order valence-electron chi connectivity index (χ0n) is 16.2. The van der Waals surface area contributed by atoms with Crippen molar-refractivity contribution in [3.8, 4) is 0 Å². The lowest BCUT2D eigenvalue weighted by molar-refractivity contribution is 0.0647. The summed E-state index contributed by atoms with van der Waals surface area (Å²) in [4.78, 5) is 7.59. The molecule has 0 aliphatic rings. The monoisotopic (exact) mass is 491 g/mol. The molecule has 1 unspecified atom stereocenters. The van der Waals surface area contributed by atoms with Crippen molar-refractivity contribution in [2.75, 3.05) is 10.6 Å². The van der Waals surface area contributed by atoms with Crippen LogP contribution in [0.25, 0.3) is 0 Å². The van der Waals surface area contributed by atoms with E-state index in [1.54, 1.807) is 20.8 Å². The van der Waals surface area contributed by atoms with Gasteiger partial charge in [-0.3, -0.25) is 0 Å². The standard InChI is InChI=1S/C17H23BrFN5O4S/c1-8(25)11-5-10(6-13(19)14(11)29(20,27)28)23-16-21-7-12(18)15(24-16)22-9(2)17(3,4)26/h5-9,25-26H,1-4H3,(H2,20,27,28)(H2,21,22,23,24)/t8?,9-/m1/s1. The van der Waals surface area contributed by atoms with Gasteiger partial charge in [-0.1, -0.05) is 0 Å². The molecule has 0 aliphatic heterocycles. The Hall–Kier alpha value is -1.86. The van der Waals surface area contributed by atoms with Gasteiger partial charge in [0.2, 0.25) is 16.0 Å². The summed E-state index contributed by atoms with van der Waals surface area (Å²) in [6, 6.07) is 1.82. The normalized spacial score (nSPS) is 14.4. The smallest absolute Gasteiger partial charge is 0.241 e. The highest BCUT2D eigenvalue weighted by molar-refractivity contribution is 9.10. The predicted octanol–water partition coefficient (Wildman–Crippen LogP) is 2.39. The number of nitrogens with zero attached hydrogens (tertiary/aromatic N) is 2. The van der Waals surface area contributed by atoms with Crippen molar-refractivity contribution in [1.82, 2.24) is 9.97 Å². The number of sulfonamides is 1. The second-order valence-electron chi connectivity index (χ2n) is 7.13. The highest BCUT2D eigenvalue weighted by atomic mass is 79.9. The molecule has 29 heavy (non-hydrogen) atoms. The molecule has 0 aliphatic carbocycles. The summed E-state index contributed by atoms with van der Waals surface area (Å²) < 4.78 is 38.3. The van der Waals surface area contributed by atoms with E-state index in [2.05, 4.69) is 36.5 Å². The minimum atomic E-state index is -4.37. The van der Waals surface area contributed by atoms with Crippen molar-refractivity contribution in [3.63, 3.8) is 0 Å². The van der Waals surface area contributed by atoms with Crippen LogP contribution in [0.4, 0.5) is 21.8 Å². The van der Waals surface area contributed by atoms with Crippen LogP contribution in [0, 0.1) is 5.82 Å². The number of anilines is 3. The molecule has 2 aromatic rings. The van der Waals surface area contributed by atoms with E-state index in [-0.39, 0.29) is 23.2 Å². The number of rotatable bonds is 7.